The van der Waals surface area contributed by atoms with E-state index in [0.717, 1.165) is 17.0 Å². The number of ether oxygens (including phenoxy) is 1. The molecule has 0 unspecified atom stereocenters. The lowest BCUT2D eigenvalue weighted by Crippen LogP contribution is -2.12. The van der Waals surface area contributed by atoms with Gasteiger partial charge in [0.2, 0.25) is 0 Å². The molecule has 0 aliphatic heterocycles. The van der Waals surface area contributed by atoms with Crippen LogP contribution in [0.1, 0.15) is 41.3 Å². The molecule has 3 heteroatoms. The molecule has 2 aromatic rings. The Balaban J connectivity index is 2.12. The second-order valence-corrected chi connectivity index (χ2v) is 5.42. The third-order valence-corrected chi connectivity index (χ3v) is 3.49. The van der Waals surface area contributed by atoms with Crippen molar-refractivity contribution in [2.75, 3.05) is 12.4 Å². The van der Waals surface area contributed by atoms with Gasteiger partial charge in [-0.1, -0.05) is 26.0 Å². The standard InChI is InChI=1S/C18H21NO2/c1-12(2)14-5-8-16(9-6-14)19-18(20)15-7-10-17(21-4)13(3)11-15/h5-12H,1-4H3,(H,19,20). The number of nitrogens with one attached hydrogen (secondary N) is 1. The summed E-state index contributed by atoms with van der Waals surface area (Å²) in [6.07, 6.45) is 0. The van der Waals surface area contributed by atoms with Gasteiger partial charge in [-0.2, -0.15) is 0 Å². The predicted octanol–water partition coefficient (Wildman–Crippen LogP) is 4.38. The summed E-state index contributed by atoms with van der Waals surface area (Å²) < 4.78 is 5.20. The van der Waals surface area contributed by atoms with Gasteiger partial charge in [0.1, 0.15) is 5.75 Å². The summed E-state index contributed by atoms with van der Waals surface area (Å²) in [6, 6.07) is 13.4. The van der Waals surface area contributed by atoms with E-state index in [0.29, 0.717) is 11.5 Å². The monoisotopic (exact) mass is 283 g/mol. The van der Waals surface area contributed by atoms with Crippen molar-refractivity contribution in [3.8, 4) is 5.75 Å². The van der Waals surface area contributed by atoms with E-state index < -0.39 is 0 Å². The number of carbonyl (C=O) groups is 1. The number of hydrogen-bond donors (Lipinski definition) is 1. The molecule has 1 N–H and O–H groups in total. The summed E-state index contributed by atoms with van der Waals surface area (Å²) in [5, 5.41) is 2.91. The van der Waals surface area contributed by atoms with Crippen LogP contribution in [0.15, 0.2) is 42.5 Å². The molecule has 21 heavy (non-hydrogen) atoms. The Kier molecular flexibility index (Phi) is 4.63. The summed E-state index contributed by atoms with van der Waals surface area (Å²) in [7, 11) is 1.62. The molecule has 0 spiro atoms. The van der Waals surface area contributed by atoms with Crippen LogP contribution in [-0.2, 0) is 0 Å². The molecule has 2 aromatic carbocycles. The minimum atomic E-state index is -0.113. The maximum absolute atomic E-state index is 12.2. The van der Waals surface area contributed by atoms with Gasteiger partial charge in [0.15, 0.2) is 0 Å². The highest BCUT2D eigenvalue weighted by Gasteiger charge is 2.08. The molecule has 0 saturated carbocycles. The summed E-state index contributed by atoms with van der Waals surface area (Å²) >= 11 is 0. The minimum Gasteiger partial charge on any atom is -0.496 e. The van der Waals surface area contributed by atoms with Crippen molar-refractivity contribution in [3.05, 3.63) is 59.2 Å². The molecule has 0 atom stereocenters. The predicted molar refractivity (Wildman–Crippen MR) is 86.2 cm³/mol. The first-order chi connectivity index (χ1) is 10.0. The smallest absolute Gasteiger partial charge is 0.255 e. The fourth-order valence-electron chi connectivity index (χ4n) is 2.17. The van der Waals surface area contributed by atoms with E-state index in [2.05, 4.69) is 19.2 Å². The Morgan fingerprint density at radius 2 is 1.76 bits per heavy atom. The van der Waals surface area contributed by atoms with Crippen LogP contribution in [0.2, 0.25) is 0 Å². The Morgan fingerprint density at radius 3 is 2.29 bits per heavy atom. The summed E-state index contributed by atoms with van der Waals surface area (Å²) in [5.74, 6) is 1.16. The zero-order valence-corrected chi connectivity index (χ0v) is 12.9. The van der Waals surface area contributed by atoms with Gasteiger partial charge in [-0.15, -0.1) is 0 Å². The van der Waals surface area contributed by atoms with Crippen LogP contribution in [0.25, 0.3) is 0 Å². The number of anilines is 1. The van der Waals surface area contributed by atoms with Crippen LogP contribution in [0.4, 0.5) is 5.69 Å². The van der Waals surface area contributed by atoms with Crippen LogP contribution in [0, 0.1) is 6.92 Å². The van der Waals surface area contributed by atoms with E-state index in [1.54, 1.807) is 13.2 Å². The van der Waals surface area contributed by atoms with E-state index >= 15 is 0 Å². The Labute approximate surface area is 126 Å². The highest BCUT2D eigenvalue weighted by Crippen LogP contribution is 2.20. The van der Waals surface area contributed by atoms with Gasteiger partial charge in [0.05, 0.1) is 7.11 Å². The van der Waals surface area contributed by atoms with Gasteiger partial charge in [-0.3, -0.25) is 4.79 Å². The molecule has 0 radical (unpaired) electrons. The second kappa shape index (κ2) is 6.44. The molecule has 2 rings (SSSR count). The quantitative estimate of drug-likeness (QED) is 0.904. The van der Waals surface area contributed by atoms with Crippen molar-refractivity contribution in [2.45, 2.75) is 26.7 Å². The number of aryl methyl sites for hydroxylation is 1. The minimum absolute atomic E-state index is 0.113. The largest absolute Gasteiger partial charge is 0.496 e. The zero-order chi connectivity index (χ0) is 15.4. The summed E-state index contributed by atoms with van der Waals surface area (Å²) in [6.45, 7) is 6.22. The number of hydrogen-bond acceptors (Lipinski definition) is 2. The topological polar surface area (TPSA) is 38.3 Å². The molecular formula is C18H21NO2. The number of benzene rings is 2. The Hall–Kier alpha value is -2.29. The van der Waals surface area contributed by atoms with Crippen molar-refractivity contribution in [3.63, 3.8) is 0 Å². The van der Waals surface area contributed by atoms with Crippen molar-refractivity contribution in [1.29, 1.82) is 0 Å². The first kappa shape index (κ1) is 15.1. The third kappa shape index (κ3) is 3.63. The van der Waals surface area contributed by atoms with E-state index in [-0.39, 0.29) is 5.91 Å². The first-order valence-electron chi connectivity index (χ1n) is 7.07. The highest BCUT2D eigenvalue weighted by atomic mass is 16.5. The maximum atomic E-state index is 12.2. The lowest BCUT2D eigenvalue weighted by Gasteiger charge is -2.10. The van der Waals surface area contributed by atoms with Gasteiger partial charge >= 0.3 is 0 Å². The van der Waals surface area contributed by atoms with Crippen LogP contribution in [0.3, 0.4) is 0 Å². The fraction of sp³-hybridized carbons (Fsp3) is 0.278. The van der Waals surface area contributed by atoms with Gasteiger partial charge in [-0.05, 0) is 54.3 Å². The van der Waals surface area contributed by atoms with E-state index in [9.17, 15) is 4.79 Å². The molecule has 0 heterocycles. The van der Waals surface area contributed by atoms with Gasteiger partial charge in [0, 0.05) is 11.3 Å². The SMILES string of the molecule is COc1ccc(C(=O)Nc2ccc(C(C)C)cc2)cc1C. The number of carbonyl (C=O) groups excluding carboxylic acids is 1. The van der Waals surface area contributed by atoms with Crippen molar-refractivity contribution >= 4 is 11.6 Å². The normalized spacial score (nSPS) is 10.5. The second-order valence-electron chi connectivity index (χ2n) is 5.42. The lowest BCUT2D eigenvalue weighted by molar-refractivity contribution is 0.102. The molecule has 1 amide bonds. The van der Waals surface area contributed by atoms with E-state index in [4.69, 9.17) is 4.74 Å². The first-order valence-corrected chi connectivity index (χ1v) is 7.07. The average molecular weight is 283 g/mol. The molecule has 0 fully saturated rings. The zero-order valence-electron chi connectivity index (χ0n) is 12.9. The van der Waals surface area contributed by atoms with E-state index in [1.807, 2.05) is 43.3 Å². The molecule has 0 saturated heterocycles. The van der Waals surface area contributed by atoms with Gasteiger partial charge in [0.25, 0.3) is 5.91 Å². The number of amides is 1. The molecule has 110 valence electrons. The van der Waals surface area contributed by atoms with Gasteiger partial charge in [-0.25, -0.2) is 0 Å². The number of methoxy groups -OCH3 is 1. The molecule has 0 bridgehead atoms. The van der Waals surface area contributed by atoms with Crippen LogP contribution >= 0.6 is 0 Å². The van der Waals surface area contributed by atoms with Crippen molar-refractivity contribution < 1.29 is 9.53 Å². The number of rotatable bonds is 4. The Morgan fingerprint density at radius 1 is 1.10 bits per heavy atom. The van der Waals surface area contributed by atoms with Gasteiger partial charge < -0.3 is 10.1 Å². The molecule has 0 aliphatic rings. The molecule has 3 nitrogen and oxygen atoms in total. The highest BCUT2D eigenvalue weighted by molar-refractivity contribution is 6.04. The van der Waals surface area contributed by atoms with Crippen LogP contribution in [0.5, 0.6) is 5.75 Å². The van der Waals surface area contributed by atoms with E-state index in [1.165, 1.54) is 5.56 Å². The molecule has 0 aromatic heterocycles. The fourth-order valence-corrected chi connectivity index (χ4v) is 2.17. The van der Waals surface area contributed by atoms with Crippen LogP contribution in [-0.4, -0.2) is 13.0 Å². The Bertz CT molecular complexity index is 630. The average Bonchev–Trinajstić information content (AvgIpc) is 2.47. The maximum Gasteiger partial charge on any atom is 0.255 e. The lowest BCUT2D eigenvalue weighted by atomic mass is 10.0. The van der Waals surface area contributed by atoms with Crippen molar-refractivity contribution in [1.82, 2.24) is 0 Å². The molecular weight excluding hydrogens is 262 g/mol. The third-order valence-electron chi connectivity index (χ3n) is 3.49. The summed E-state index contributed by atoms with van der Waals surface area (Å²) in [5.41, 5.74) is 3.63. The summed E-state index contributed by atoms with van der Waals surface area (Å²) in [4.78, 5) is 12.2. The van der Waals surface area contributed by atoms with Crippen LogP contribution < -0.4 is 10.1 Å². The van der Waals surface area contributed by atoms with Crippen molar-refractivity contribution in [2.24, 2.45) is 0 Å². The molecule has 0 aliphatic carbocycles.